The zero-order valence-corrected chi connectivity index (χ0v) is 14.4. The molecular weight excluding hydrogens is 335 g/mol. The van der Waals surface area contributed by atoms with Gasteiger partial charge in [-0.2, -0.15) is 0 Å². The van der Waals surface area contributed by atoms with Gasteiger partial charge in [-0.3, -0.25) is 9.20 Å². The molecule has 1 amide bonds. The molecule has 1 atom stereocenters. The third-order valence-corrected chi connectivity index (χ3v) is 4.47. The lowest BCUT2D eigenvalue weighted by molar-refractivity contribution is -0.128. The molecule has 4 heterocycles. The minimum absolute atomic E-state index is 0.101. The van der Waals surface area contributed by atoms with E-state index in [0.717, 1.165) is 25.9 Å². The minimum Gasteiger partial charge on any atom is -0.358 e. The number of hydrogen-bond donors (Lipinski definition) is 1. The summed E-state index contributed by atoms with van der Waals surface area (Å²) in [6.45, 7) is 3.59. The summed E-state index contributed by atoms with van der Waals surface area (Å²) in [6.07, 6.45) is 6.27. The molecule has 8 heteroatoms. The number of aromatic nitrogens is 4. The predicted octanol–water partition coefficient (Wildman–Crippen LogP) is 2.35. The van der Waals surface area contributed by atoms with Crippen molar-refractivity contribution in [3.63, 3.8) is 0 Å². The van der Waals surface area contributed by atoms with Crippen LogP contribution in [-0.4, -0.2) is 49.3 Å². The second-order valence-electron chi connectivity index (χ2n) is 6.30. The van der Waals surface area contributed by atoms with Crippen LogP contribution in [0.4, 0.5) is 10.2 Å². The average Bonchev–Trinajstić information content (AvgIpc) is 3.20. The van der Waals surface area contributed by atoms with Crippen LogP contribution >= 0.6 is 0 Å². The quantitative estimate of drug-likeness (QED) is 0.761. The standard InChI is InChI=1S/C18H19FN6O/c1-2-8-24-9-6-13(18(24)26)22-15-5-7-20-17(23-15)14-10-21-16-4-3-12(19)11-25(14)16/h3-5,7,10-11,13H,2,6,8-9H2,1H3,(H,20,22,23)/t13-/m1/s1. The van der Waals surface area contributed by atoms with E-state index in [1.165, 1.54) is 12.3 Å². The first kappa shape index (κ1) is 16.4. The largest absolute Gasteiger partial charge is 0.358 e. The van der Waals surface area contributed by atoms with Gasteiger partial charge in [0.15, 0.2) is 5.82 Å². The van der Waals surface area contributed by atoms with E-state index < -0.39 is 0 Å². The van der Waals surface area contributed by atoms with Gasteiger partial charge in [-0.05, 0) is 31.0 Å². The van der Waals surface area contributed by atoms with Gasteiger partial charge in [-0.1, -0.05) is 6.92 Å². The summed E-state index contributed by atoms with van der Waals surface area (Å²) >= 11 is 0. The SMILES string of the molecule is CCCN1CC[C@@H](Nc2ccnc(-c3cnc4ccc(F)cn34)n2)C1=O. The summed E-state index contributed by atoms with van der Waals surface area (Å²) in [7, 11) is 0. The number of carbonyl (C=O) groups excluding carboxylic acids is 1. The molecule has 1 saturated heterocycles. The van der Waals surface area contributed by atoms with E-state index in [4.69, 9.17) is 0 Å². The Bertz CT molecular complexity index is 956. The van der Waals surface area contributed by atoms with Crippen molar-refractivity contribution in [2.45, 2.75) is 25.8 Å². The average molecular weight is 354 g/mol. The Morgan fingerprint density at radius 3 is 3.04 bits per heavy atom. The Hall–Kier alpha value is -3.03. The number of anilines is 1. The molecule has 3 aromatic heterocycles. The summed E-state index contributed by atoms with van der Waals surface area (Å²) in [6, 6.07) is 4.41. The van der Waals surface area contributed by atoms with E-state index in [9.17, 15) is 9.18 Å². The van der Waals surface area contributed by atoms with Gasteiger partial charge in [0.25, 0.3) is 0 Å². The van der Waals surface area contributed by atoms with Crippen molar-refractivity contribution in [2.75, 3.05) is 18.4 Å². The van der Waals surface area contributed by atoms with Gasteiger partial charge in [0.1, 0.15) is 29.0 Å². The molecular formula is C18H19FN6O. The zero-order valence-electron chi connectivity index (χ0n) is 14.4. The van der Waals surface area contributed by atoms with Gasteiger partial charge >= 0.3 is 0 Å². The molecule has 3 aromatic rings. The molecule has 4 rings (SSSR count). The molecule has 26 heavy (non-hydrogen) atoms. The van der Waals surface area contributed by atoms with Crippen LogP contribution in [0.1, 0.15) is 19.8 Å². The number of imidazole rings is 1. The minimum atomic E-state index is -0.362. The highest BCUT2D eigenvalue weighted by Crippen LogP contribution is 2.21. The van der Waals surface area contributed by atoms with E-state index in [1.807, 2.05) is 4.90 Å². The molecule has 0 radical (unpaired) electrons. The lowest BCUT2D eigenvalue weighted by Gasteiger charge is -2.16. The number of pyridine rings is 1. The van der Waals surface area contributed by atoms with Gasteiger partial charge in [0.05, 0.1) is 6.20 Å². The Labute approximate surface area is 149 Å². The van der Waals surface area contributed by atoms with Crippen LogP contribution in [0.15, 0.2) is 36.8 Å². The van der Waals surface area contributed by atoms with Crippen LogP contribution < -0.4 is 5.32 Å². The number of halogens is 1. The topological polar surface area (TPSA) is 75.4 Å². The molecule has 0 spiro atoms. The van der Waals surface area contributed by atoms with Gasteiger partial charge in [0, 0.05) is 25.5 Å². The first-order valence-corrected chi connectivity index (χ1v) is 8.67. The highest BCUT2D eigenvalue weighted by atomic mass is 19.1. The summed E-state index contributed by atoms with van der Waals surface area (Å²) in [5.41, 5.74) is 1.21. The maximum atomic E-state index is 13.6. The third kappa shape index (κ3) is 2.98. The number of carbonyl (C=O) groups is 1. The van der Waals surface area contributed by atoms with Gasteiger partial charge in [-0.15, -0.1) is 0 Å². The third-order valence-electron chi connectivity index (χ3n) is 4.47. The Kier molecular flexibility index (Phi) is 4.24. The van der Waals surface area contributed by atoms with Crippen molar-refractivity contribution in [2.24, 2.45) is 0 Å². The molecule has 0 bridgehead atoms. The van der Waals surface area contributed by atoms with Crippen LogP contribution in [0.5, 0.6) is 0 Å². The predicted molar refractivity (Wildman–Crippen MR) is 95.1 cm³/mol. The monoisotopic (exact) mass is 354 g/mol. The number of nitrogens with one attached hydrogen (secondary N) is 1. The summed E-state index contributed by atoms with van der Waals surface area (Å²) in [5, 5.41) is 3.19. The molecule has 1 N–H and O–H groups in total. The fourth-order valence-corrected chi connectivity index (χ4v) is 3.23. The molecule has 0 aromatic carbocycles. The van der Waals surface area contributed by atoms with Gasteiger partial charge in [0.2, 0.25) is 5.91 Å². The zero-order chi connectivity index (χ0) is 18.1. The van der Waals surface area contributed by atoms with Crippen LogP contribution in [0, 0.1) is 5.82 Å². The highest BCUT2D eigenvalue weighted by molar-refractivity contribution is 5.86. The van der Waals surface area contributed by atoms with Crippen molar-refractivity contribution >= 4 is 17.4 Å². The molecule has 0 unspecified atom stereocenters. The molecule has 0 saturated carbocycles. The first-order chi connectivity index (χ1) is 12.7. The molecule has 1 aliphatic rings. The summed E-state index contributed by atoms with van der Waals surface area (Å²) < 4.78 is 15.2. The molecule has 7 nitrogen and oxygen atoms in total. The molecule has 1 aliphatic heterocycles. The van der Waals surface area contributed by atoms with Crippen LogP contribution in [-0.2, 0) is 4.79 Å². The van der Waals surface area contributed by atoms with Crippen molar-refractivity contribution in [1.29, 1.82) is 0 Å². The van der Waals surface area contributed by atoms with Gasteiger partial charge in [-0.25, -0.2) is 19.3 Å². The second-order valence-corrected chi connectivity index (χ2v) is 6.30. The number of amides is 1. The molecule has 134 valence electrons. The lowest BCUT2D eigenvalue weighted by Crippen LogP contribution is -2.34. The Balaban J connectivity index is 1.59. The summed E-state index contributed by atoms with van der Waals surface area (Å²) in [5.74, 6) is 0.726. The van der Waals surface area contributed by atoms with Crippen molar-refractivity contribution in [1.82, 2.24) is 24.3 Å². The molecule has 0 aliphatic carbocycles. The smallest absolute Gasteiger partial charge is 0.245 e. The van der Waals surface area contributed by atoms with E-state index in [2.05, 4.69) is 27.2 Å². The van der Waals surface area contributed by atoms with Crippen LogP contribution in [0.3, 0.4) is 0 Å². The lowest BCUT2D eigenvalue weighted by atomic mass is 10.2. The Morgan fingerprint density at radius 1 is 1.31 bits per heavy atom. The fourth-order valence-electron chi connectivity index (χ4n) is 3.23. The summed E-state index contributed by atoms with van der Waals surface area (Å²) in [4.78, 5) is 27.3. The van der Waals surface area contributed by atoms with Crippen LogP contribution in [0.25, 0.3) is 17.2 Å². The fraction of sp³-hybridized carbons (Fsp3) is 0.333. The second kappa shape index (κ2) is 6.70. The van der Waals surface area contributed by atoms with Crippen LogP contribution in [0.2, 0.25) is 0 Å². The normalized spacial score (nSPS) is 17.2. The molecule has 1 fully saturated rings. The Morgan fingerprint density at radius 2 is 2.19 bits per heavy atom. The van der Waals surface area contributed by atoms with Crippen molar-refractivity contribution in [3.8, 4) is 11.5 Å². The van der Waals surface area contributed by atoms with E-state index in [-0.39, 0.29) is 17.8 Å². The first-order valence-electron chi connectivity index (χ1n) is 8.67. The maximum Gasteiger partial charge on any atom is 0.245 e. The highest BCUT2D eigenvalue weighted by Gasteiger charge is 2.31. The number of fused-ring (bicyclic) bond motifs is 1. The van der Waals surface area contributed by atoms with Crippen molar-refractivity contribution in [3.05, 3.63) is 42.6 Å². The number of hydrogen-bond acceptors (Lipinski definition) is 5. The maximum absolute atomic E-state index is 13.6. The van der Waals surface area contributed by atoms with E-state index >= 15 is 0 Å². The number of nitrogens with zero attached hydrogens (tertiary/aromatic N) is 5. The van der Waals surface area contributed by atoms with Crippen molar-refractivity contribution < 1.29 is 9.18 Å². The van der Waals surface area contributed by atoms with E-state index in [1.54, 1.807) is 28.9 Å². The van der Waals surface area contributed by atoms with Gasteiger partial charge < -0.3 is 10.2 Å². The number of likely N-dealkylation sites (tertiary alicyclic amines) is 1. The van der Waals surface area contributed by atoms with E-state index in [0.29, 0.717) is 23.0 Å². The number of rotatable bonds is 5.